The third-order valence-electron chi connectivity index (χ3n) is 6.82. The number of likely N-dealkylation sites (tertiary alicyclic amines) is 1. The first-order valence-corrected chi connectivity index (χ1v) is 12.8. The summed E-state index contributed by atoms with van der Waals surface area (Å²) < 4.78 is 13.3. The van der Waals surface area contributed by atoms with Crippen LogP contribution in [0.2, 0.25) is 0 Å². The van der Waals surface area contributed by atoms with E-state index in [0.29, 0.717) is 5.92 Å². The second-order valence-electron chi connectivity index (χ2n) is 9.26. The summed E-state index contributed by atoms with van der Waals surface area (Å²) in [5.41, 5.74) is 12.1. The summed E-state index contributed by atoms with van der Waals surface area (Å²) in [4.78, 5) is 6.02. The van der Waals surface area contributed by atoms with Gasteiger partial charge in [0.2, 0.25) is 0 Å². The molecular formula is C30H44FN3. The molecule has 3 N–H and O–H groups in total. The van der Waals surface area contributed by atoms with Crippen LogP contribution in [0.3, 0.4) is 0 Å². The van der Waals surface area contributed by atoms with Gasteiger partial charge in [0, 0.05) is 22.6 Å². The first-order chi connectivity index (χ1) is 16.3. The molecule has 3 nitrogen and oxygen atoms in total. The maximum Gasteiger partial charge on any atom is 0.123 e. The van der Waals surface area contributed by atoms with E-state index in [2.05, 4.69) is 62.1 Å². The predicted molar refractivity (Wildman–Crippen MR) is 147 cm³/mol. The molecule has 1 unspecified atom stereocenters. The minimum atomic E-state index is -0.183. The Balaban J connectivity index is 0.000000284. The summed E-state index contributed by atoms with van der Waals surface area (Å²) in [7, 11) is 2.19. The largest absolute Gasteiger partial charge is 0.405 e. The average Bonchev–Trinajstić information content (AvgIpc) is 3.33. The van der Waals surface area contributed by atoms with Gasteiger partial charge in [-0.2, -0.15) is 0 Å². The van der Waals surface area contributed by atoms with Gasteiger partial charge in [0.25, 0.3) is 0 Å². The van der Waals surface area contributed by atoms with Crippen LogP contribution >= 0.6 is 0 Å². The normalized spacial score (nSPS) is 17.4. The second kappa shape index (κ2) is 13.3. The topological polar surface area (TPSA) is 45.0 Å². The van der Waals surface area contributed by atoms with Gasteiger partial charge in [-0.05, 0) is 119 Å². The molecule has 1 saturated carbocycles. The van der Waals surface area contributed by atoms with Gasteiger partial charge >= 0.3 is 0 Å². The first kappa shape index (κ1) is 27.7. The monoisotopic (exact) mass is 465 g/mol. The van der Waals surface area contributed by atoms with Gasteiger partial charge in [-0.15, -0.1) is 0 Å². The molecule has 1 saturated heterocycles. The Morgan fingerprint density at radius 2 is 1.68 bits per heavy atom. The molecular weight excluding hydrogens is 421 g/mol. The van der Waals surface area contributed by atoms with Crippen molar-refractivity contribution in [1.29, 1.82) is 0 Å². The number of rotatable bonds is 2. The molecule has 186 valence electrons. The van der Waals surface area contributed by atoms with E-state index in [-0.39, 0.29) is 5.82 Å². The van der Waals surface area contributed by atoms with Crippen molar-refractivity contribution < 1.29 is 4.39 Å². The second-order valence-corrected chi connectivity index (χ2v) is 9.26. The lowest BCUT2D eigenvalue weighted by Gasteiger charge is -2.26. The van der Waals surface area contributed by atoms with Crippen molar-refractivity contribution in [1.82, 2.24) is 9.88 Å². The molecule has 1 aliphatic carbocycles. The molecule has 5 rings (SSSR count). The van der Waals surface area contributed by atoms with Crippen LogP contribution in [0, 0.1) is 19.7 Å². The van der Waals surface area contributed by atoms with E-state index in [9.17, 15) is 4.39 Å². The van der Waals surface area contributed by atoms with E-state index in [1.807, 2.05) is 26.0 Å². The molecule has 0 radical (unpaired) electrons. The Labute approximate surface area is 206 Å². The fraction of sp³-hybridized carbons (Fsp3) is 0.467. The highest BCUT2D eigenvalue weighted by molar-refractivity contribution is 5.94. The third kappa shape index (κ3) is 6.73. The maximum absolute atomic E-state index is 13.3. The number of benzene rings is 2. The van der Waals surface area contributed by atoms with Crippen molar-refractivity contribution in [3.8, 4) is 11.3 Å². The van der Waals surface area contributed by atoms with Crippen LogP contribution in [0.25, 0.3) is 22.2 Å². The average molecular weight is 466 g/mol. The molecule has 1 aliphatic heterocycles. The van der Waals surface area contributed by atoms with E-state index < -0.39 is 0 Å². The molecule has 0 bridgehead atoms. The molecule has 2 aromatic carbocycles. The smallest absolute Gasteiger partial charge is 0.123 e. The Morgan fingerprint density at radius 1 is 1.06 bits per heavy atom. The fourth-order valence-electron chi connectivity index (χ4n) is 4.72. The van der Waals surface area contributed by atoms with Gasteiger partial charge < -0.3 is 15.6 Å². The summed E-state index contributed by atoms with van der Waals surface area (Å²) in [6.45, 7) is 15.0. The molecule has 0 spiro atoms. The standard InChI is InChI=1S/C20H20FN.C6H13N.C2H5N.C2H6/c1-12-10-13(2)19-17(11-12)18(14-4-3-5-14)20(22-19)15-6-8-16(21)9-7-15;1-6-4-3-5-7(6)2;1-2-3;1-2/h6-11,14,22H,3-5H2,1-2H3;6H,3-5H2,1-2H3;2H,1,3H2;1-2H3. The van der Waals surface area contributed by atoms with Crippen molar-refractivity contribution in [2.24, 2.45) is 5.73 Å². The van der Waals surface area contributed by atoms with Crippen molar-refractivity contribution in [3.63, 3.8) is 0 Å². The van der Waals surface area contributed by atoms with Crippen LogP contribution in [0.5, 0.6) is 0 Å². The third-order valence-corrected chi connectivity index (χ3v) is 6.82. The summed E-state index contributed by atoms with van der Waals surface area (Å²) >= 11 is 0. The number of aromatic nitrogens is 1. The van der Waals surface area contributed by atoms with E-state index in [0.717, 1.165) is 11.6 Å². The summed E-state index contributed by atoms with van der Waals surface area (Å²) in [6.07, 6.45) is 7.88. The number of nitrogens with one attached hydrogen (secondary N) is 1. The highest BCUT2D eigenvalue weighted by atomic mass is 19.1. The van der Waals surface area contributed by atoms with E-state index in [1.165, 1.54) is 78.1 Å². The van der Waals surface area contributed by atoms with Gasteiger partial charge in [-0.1, -0.05) is 38.5 Å². The molecule has 1 atom stereocenters. The highest BCUT2D eigenvalue weighted by Crippen LogP contribution is 2.45. The van der Waals surface area contributed by atoms with Crippen LogP contribution in [0.4, 0.5) is 4.39 Å². The van der Waals surface area contributed by atoms with Gasteiger partial charge in [0.05, 0.1) is 0 Å². The van der Waals surface area contributed by atoms with Crippen LogP contribution in [-0.4, -0.2) is 29.5 Å². The molecule has 0 amide bonds. The lowest BCUT2D eigenvalue weighted by Crippen LogP contribution is -2.20. The maximum atomic E-state index is 13.3. The molecule has 2 heterocycles. The number of aryl methyl sites for hydroxylation is 2. The minimum absolute atomic E-state index is 0.183. The number of nitrogens with zero attached hydrogens (tertiary/aromatic N) is 1. The van der Waals surface area contributed by atoms with Crippen molar-refractivity contribution in [2.45, 2.75) is 78.7 Å². The van der Waals surface area contributed by atoms with Crippen LogP contribution in [-0.2, 0) is 0 Å². The lowest BCUT2D eigenvalue weighted by atomic mass is 9.78. The number of aromatic amines is 1. The molecule has 34 heavy (non-hydrogen) atoms. The molecule has 1 aromatic heterocycles. The van der Waals surface area contributed by atoms with E-state index in [1.54, 1.807) is 12.1 Å². The Morgan fingerprint density at radius 3 is 2.12 bits per heavy atom. The van der Waals surface area contributed by atoms with Gasteiger partial charge in [0.1, 0.15) is 5.82 Å². The van der Waals surface area contributed by atoms with Crippen molar-refractivity contribution >= 4 is 10.9 Å². The SMILES string of the molecule is C=CN.CC.CC1CCCN1C.Cc1cc(C)c2[nH]c(-c3ccc(F)cc3)c(C3CCC3)c2c1. The highest BCUT2D eigenvalue weighted by Gasteiger charge is 2.27. The zero-order chi connectivity index (χ0) is 25.3. The summed E-state index contributed by atoms with van der Waals surface area (Å²) in [5, 5.41) is 1.35. The number of halogens is 1. The van der Waals surface area contributed by atoms with E-state index >= 15 is 0 Å². The fourth-order valence-corrected chi connectivity index (χ4v) is 4.72. The van der Waals surface area contributed by atoms with Gasteiger partial charge in [0.15, 0.2) is 0 Å². The Bertz CT molecular complexity index is 1020. The quantitative estimate of drug-likeness (QED) is 0.402. The van der Waals surface area contributed by atoms with Crippen LogP contribution in [0.1, 0.15) is 75.5 Å². The first-order valence-electron chi connectivity index (χ1n) is 12.8. The number of fused-ring (bicyclic) bond motifs is 1. The van der Waals surface area contributed by atoms with Crippen molar-refractivity contribution in [3.05, 3.63) is 71.7 Å². The Hall–Kier alpha value is -2.59. The number of hydrogen-bond donors (Lipinski definition) is 2. The zero-order valence-corrected chi connectivity index (χ0v) is 22.0. The molecule has 2 fully saturated rings. The van der Waals surface area contributed by atoms with Crippen LogP contribution < -0.4 is 5.73 Å². The Kier molecular flexibility index (Phi) is 10.8. The number of H-pyrrole nitrogens is 1. The molecule has 2 aliphatic rings. The molecule has 4 heteroatoms. The van der Waals surface area contributed by atoms with Crippen LogP contribution in [0.15, 0.2) is 49.2 Å². The summed E-state index contributed by atoms with van der Waals surface area (Å²) in [6, 6.07) is 12.2. The molecule has 3 aromatic rings. The van der Waals surface area contributed by atoms with Crippen molar-refractivity contribution in [2.75, 3.05) is 13.6 Å². The predicted octanol–water partition coefficient (Wildman–Crippen LogP) is 8.07. The lowest BCUT2D eigenvalue weighted by molar-refractivity contribution is 0.331. The van der Waals surface area contributed by atoms with Gasteiger partial charge in [-0.25, -0.2) is 4.39 Å². The number of nitrogens with two attached hydrogens (primary N) is 1. The van der Waals surface area contributed by atoms with E-state index in [4.69, 9.17) is 0 Å². The zero-order valence-electron chi connectivity index (χ0n) is 22.0. The number of hydrogen-bond acceptors (Lipinski definition) is 2. The summed E-state index contributed by atoms with van der Waals surface area (Å²) in [5.74, 6) is 0.451. The van der Waals surface area contributed by atoms with Gasteiger partial charge in [-0.3, -0.25) is 0 Å². The minimum Gasteiger partial charge on any atom is -0.405 e.